The zero-order valence-electron chi connectivity index (χ0n) is 19.8. The van der Waals surface area contributed by atoms with E-state index in [1.807, 2.05) is 12.2 Å². The highest BCUT2D eigenvalue weighted by Gasteiger charge is 2.14. The topological polar surface area (TPSA) is 58.9 Å². The van der Waals surface area contributed by atoms with Crippen LogP contribution in [0.25, 0.3) is 0 Å². The predicted molar refractivity (Wildman–Crippen MR) is 121 cm³/mol. The van der Waals surface area contributed by atoms with E-state index < -0.39 is 0 Å². The maximum absolute atomic E-state index is 8.59. The summed E-state index contributed by atoms with van der Waals surface area (Å²) in [5, 5.41) is 17.2. The van der Waals surface area contributed by atoms with E-state index in [9.17, 15) is 0 Å². The third kappa shape index (κ3) is 20.1. The normalized spacial score (nSPS) is 15.7. The largest absolute Gasteiger partial charge is 0.392 e. The van der Waals surface area contributed by atoms with Crippen LogP contribution in [0.1, 0.15) is 73.6 Å². The Hall–Kier alpha value is -0.680. The molecule has 0 heterocycles. The summed E-state index contributed by atoms with van der Waals surface area (Å²) >= 11 is 0. The monoisotopic (exact) mass is 400 g/mol. The third-order valence-electron chi connectivity index (χ3n) is 5.00. The molecule has 0 aliphatic rings. The molecule has 0 rings (SSSR count). The molecule has 28 heavy (non-hydrogen) atoms. The molecule has 4 nitrogen and oxygen atoms in total. The smallest absolute Gasteiger partial charge is 0.0612 e. The molecule has 0 spiro atoms. The van der Waals surface area contributed by atoms with Crippen LogP contribution >= 0.6 is 0 Å². The van der Waals surface area contributed by atoms with E-state index >= 15 is 0 Å². The average molecular weight is 401 g/mol. The molecule has 3 unspecified atom stereocenters. The van der Waals surface area contributed by atoms with Crippen LogP contribution in [-0.4, -0.2) is 49.9 Å². The van der Waals surface area contributed by atoms with Crippen LogP contribution in [0.3, 0.4) is 0 Å². The van der Waals surface area contributed by atoms with Gasteiger partial charge in [-0.05, 0) is 49.4 Å². The van der Waals surface area contributed by atoms with Crippen LogP contribution in [-0.2, 0) is 9.47 Å². The molecule has 2 N–H and O–H groups in total. The van der Waals surface area contributed by atoms with Crippen LogP contribution in [0.4, 0.5) is 0 Å². The summed E-state index contributed by atoms with van der Waals surface area (Å²) < 4.78 is 10.7. The lowest BCUT2D eigenvalue weighted by atomic mass is 9.89. The molecule has 4 heteroatoms. The van der Waals surface area contributed by atoms with Crippen molar-refractivity contribution in [2.45, 2.75) is 85.9 Å². The summed E-state index contributed by atoms with van der Waals surface area (Å²) in [6.07, 6.45) is 13.2. The molecule has 0 radical (unpaired) electrons. The van der Waals surface area contributed by atoms with E-state index in [1.165, 1.54) is 6.42 Å². The van der Waals surface area contributed by atoms with E-state index in [2.05, 4.69) is 41.5 Å². The van der Waals surface area contributed by atoms with Gasteiger partial charge in [-0.1, -0.05) is 65.8 Å². The van der Waals surface area contributed by atoms with Crippen LogP contribution in [0.2, 0.25) is 0 Å². The van der Waals surface area contributed by atoms with Crippen molar-refractivity contribution < 1.29 is 19.7 Å². The summed E-state index contributed by atoms with van der Waals surface area (Å²) in [4.78, 5) is 0. The Morgan fingerprint density at radius 1 is 0.786 bits per heavy atom. The molecule has 0 bridgehead atoms. The minimum Gasteiger partial charge on any atom is -0.392 e. The first kappa shape index (κ1) is 29.5. The zero-order chi connectivity index (χ0) is 22.0. The van der Waals surface area contributed by atoms with Crippen molar-refractivity contribution in [3.05, 3.63) is 24.3 Å². The number of aliphatic hydroxyl groups is 2. The van der Waals surface area contributed by atoms with Gasteiger partial charge in [-0.3, -0.25) is 0 Å². The molecule has 0 amide bonds. The van der Waals surface area contributed by atoms with E-state index in [0.717, 1.165) is 25.7 Å². The highest BCUT2D eigenvalue weighted by atomic mass is 16.5. The molecule has 0 aromatic carbocycles. The van der Waals surface area contributed by atoms with Gasteiger partial charge in [-0.15, -0.1) is 0 Å². The summed E-state index contributed by atoms with van der Waals surface area (Å²) in [5.41, 5.74) is 0.372. The second kappa shape index (κ2) is 18.4. The fourth-order valence-electron chi connectivity index (χ4n) is 2.55. The first-order valence-electron chi connectivity index (χ1n) is 10.7. The lowest BCUT2D eigenvalue weighted by Gasteiger charge is -2.21. The Balaban J connectivity index is 0. The number of rotatable bonds is 13. The van der Waals surface area contributed by atoms with Gasteiger partial charge in [0, 0.05) is 14.2 Å². The number of hydrogen-bond donors (Lipinski definition) is 2. The van der Waals surface area contributed by atoms with E-state index in [4.69, 9.17) is 19.7 Å². The summed E-state index contributed by atoms with van der Waals surface area (Å²) in [6.45, 7) is 13.7. The van der Waals surface area contributed by atoms with Crippen molar-refractivity contribution in [3.63, 3.8) is 0 Å². The summed E-state index contributed by atoms with van der Waals surface area (Å²) in [6, 6.07) is 0. The molecule has 0 aliphatic carbocycles. The SMILES string of the molecule is COC(CC=CCO)CC(C)C(C)C.COC(CC=CCO)CCC(C)(C)C. The minimum absolute atomic E-state index is 0.121. The molecule has 0 aromatic heterocycles. The van der Waals surface area contributed by atoms with Crippen LogP contribution < -0.4 is 0 Å². The Kier molecular flexibility index (Phi) is 19.4. The summed E-state index contributed by atoms with van der Waals surface area (Å²) in [5.74, 6) is 1.39. The van der Waals surface area contributed by atoms with Gasteiger partial charge in [0.05, 0.1) is 25.4 Å². The third-order valence-corrected chi connectivity index (χ3v) is 5.00. The molecular formula is C24H48O4. The van der Waals surface area contributed by atoms with Gasteiger partial charge >= 0.3 is 0 Å². The van der Waals surface area contributed by atoms with Crippen molar-refractivity contribution in [2.24, 2.45) is 17.3 Å². The first-order chi connectivity index (χ1) is 13.1. The fraction of sp³-hybridized carbons (Fsp3) is 0.833. The van der Waals surface area contributed by atoms with Crippen molar-refractivity contribution in [3.8, 4) is 0 Å². The van der Waals surface area contributed by atoms with Crippen LogP contribution in [0, 0.1) is 17.3 Å². The maximum Gasteiger partial charge on any atom is 0.0612 e. The molecule has 0 aliphatic heterocycles. The van der Waals surface area contributed by atoms with Gasteiger partial charge in [0.15, 0.2) is 0 Å². The van der Waals surface area contributed by atoms with Gasteiger partial charge in [-0.2, -0.15) is 0 Å². The fourth-order valence-corrected chi connectivity index (χ4v) is 2.55. The van der Waals surface area contributed by atoms with Crippen molar-refractivity contribution in [2.75, 3.05) is 27.4 Å². The standard InChI is InChI=1S/2C12H24O2/c1-12(2,3)9-8-11(14-4)7-5-6-10-13;1-10(2)11(3)9-12(14-4)7-5-6-8-13/h5-6,11,13H,7-10H2,1-4H3;5-6,10-13H,7-9H2,1-4H3. The minimum atomic E-state index is 0.121. The number of aliphatic hydroxyl groups excluding tert-OH is 2. The quantitative estimate of drug-likeness (QED) is 0.407. The van der Waals surface area contributed by atoms with Gasteiger partial charge in [0.1, 0.15) is 0 Å². The van der Waals surface area contributed by atoms with Gasteiger partial charge in [0.25, 0.3) is 0 Å². The van der Waals surface area contributed by atoms with Gasteiger partial charge < -0.3 is 19.7 Å². The second-order valence-electron chi connectivity index (χ2n) is 9.05. The molecule has 3 atom stereocenters. The van der Waals surface area contributed by atoms with Crippen molar-refractivity contribution >= 4 is 0 Å². The highest BCUT2D eigenvalue weighted by Crippen LogP contribution is 2.23. The molecule has 0 saturated carbocycles. The van der Waals surface area contributed by atoms with E-state index in [0.29, 0.717) is 17.3 Å². The Labute approximate surface area is 175 Å². The zero-order valence-corrected chi connectivity index (χ0v) is 19.8. The Morgan fingerprint density at radius 3 is 1.61 bits per heavy atom. The van der Waals surface area contributed by atoms with Crippen LogP contribution in [0.15, 0.2) is 24.3 Å². The Morgan fingerprint density at radius 2 is 1.25 bits per heavy atom. The van der Waals surface area contributed by atoms with E-state index in [1.54, 1.807) is 26.4 Å². The number of methoxy groups -OCH3 is 2. The van der Waals surface area contributed by atoms with E-state index in [-0.39, 0.29) is 25.4 Å². The predicted octanol–water partition coefficient (Wildman–Crippen LogP) is 5.39. The van der Waals surface area contributed by atoms with Gasteiger partial charge in [0.2, 0.25) is 0 Å². The highest BCUT2D eigenvalue weighted by molar-refractivity contribution is 4.85. The lowest BCUT2D eigenvalue weighted by molar-refractivity contribution is 0.0778. The van der Waals surface area contributed by atoms with Crippen molar-refractivity contribution in [1.29, 1.82) is 0 Å². The molecule has 0 aromatic rings. The molecule has 0 fully saturated rings. The second-order valence-corrected chi connectivity index (χ2v) is 9.05. The van der Waals surface area contributed by atoms with Crippen LogP contribution in [0.5, 0.6) is 0 Å². The lowest BCUT2D eigenvalue weighted by Crippen LogP contribution is -2.17. The average Bonchev–Trinajstić information content (AvgIpc) is 2.63. The Bertz CT molecular complexity index is 383. The molecule has 0 saturated heterocycles. The maximum atomic E-state index is 8.59. The first-order valence-corrected chi connectivity index (χ1v) is 10.7. The molecule has 168 valence electrons. The van der Waals surface area contributed by atoms with Crippen molar-refractivity contribution in [1.82, 2.24) is 0 Å². The number of ether oxygens (including phenoxy) is 2. The molecular weight excluding hydrogens is 352 g/mol. The number of hydrogen-bond acceptors (Lipinski definition) is 4. The summed E-state index contributed by atoms with van der Waals surface area (Å²) in [7, 11) is 3.50. The van der Waals surface area contributed by atoms with Gasteiger partial charge in [-0.25, -0.2) is 0 Å².